The quantitative estimate of drug-likeness (QED) is 0.496. The van der Waals surface area contributed by atoms with Crippen molar-refractivity contribution in [1.29, 1.82) is 0 Å². The number of amides is 1. The molecule has 0 spiro atoms. The van der Waals surface area contributed by atoms with E-state index in [2.05, 4.69) is 22.4 Å². The summed E-state index contributed by atoms with van der Waals surface area (Å²) in [6, 6.07) is 25.1. The van der Waals surface area contributed by atoms with E-state index in [1.807, 2.05) is 67.6 Å². The van der Waals surface area contributed by atoms with E-state index in [-0.39, 0.29) is 23.1 Å². The zero-order valence-corrected chi connectivity index (χ0v) is 17.5. The number of fused-ring (bicyclic) bond motifs is 1. The zero-order valence-electron chi connectivity index (χ0n) is 17.5. The number of hydrogen-bond donors (Lipinski definition) is 1. The van der Waals surface area contributed by atoms with Crippen molar-refractivity contribution in [2.75, 3.05) is 0 Å². The van der Waals surface area contributed by atoms with Gasteiger partial charge in [0.1, 0.15) is 11.2 Å². The van der Waals surface area contributed by atoms with Crippen molar-refractivity contribution in [2.24, 2.45) is 0 Å². The first-order valence-electron chi connectivity index (χ1n) is 10.5. The first kappa shape index (κ1) is 20.5. The molecule has 0 aliphatic rings. The number of benzene rings is 2. The third-order valence-electron chi connectivity index (χ3n) is 5.36. The maximum Gasteiger partial charge on any atom is 0.265 e. The summed E-state index contributed by atoms with van der Waals surface area (Å²) in [6.07, 6.45) is 3.32. The highest BCUT2D eigenvalue weighted by atomic mass is 16.2. The van der Waals surface area contributed by atoms with Crippen molar-refractivity contribution < 1.29 is 4.79 Å². The van der Waals surface area contributed by atoms with Crippen LogP contribution < -0.4 is 10.9 Å². The fourth-order valence-corrected chi connectivity index (χ4v) is 3.68. The van der Waals surface area contributed by atoms with Gasteiger partial charge in [0.2, 0.25) is 0 Å². The van der Waals surface area contributed by atoms with E-state index in [9.17, 15) is 9.59 Å². The number of nitrogens with one attached hydrogen (secondary N) is 1. The zero-order chi connectivity index (χ0) is 21.6. The predicted molar refractivity (Wildman–Crippen MR) is 123 cm³/mol. The monoisotopic (exact) mass is 411 g/mol. The van der Waals surface area contributed by atoms with Gasteiger partial charge < -0.3 is 5.32 Å². The van der Waals surface area contributed by atoms with Gasteiger partial charge in [-0.05, 0) is 49.1 Å². The average Bonchev–Trinajstić information content (AvgIpc) is 2.80. The minimum Gasteiger partial charge on any atom is -0.349 e. The van der Waals surface area contributed by atoms with E-state index in [1.54, 1.807) is 16.8 Å². The van der Waals surface area contributed by atoms with Gasteiger partial charge >= 0.3 is 0 Å². The van der Waals surface area contributed by atoms with Crippen molar-refractivity contribution in [2.45, 2.75) is 32.4 Å². The average molecular weight is 412 g/mol. The number of hydrogen-bond acceptors (Lipinski definition) is 3. The Bertz CT molecular complexity index is 1230. The SMILES string of the molecule is C[C@@H](CCc1ccccc1)NC(=O)c1cc2cccnc2n(Cc2ccccc2)c1=O. The molecule has 0 radical (unpaired) electrons. The van der Waals surface area contributed by atoms with Crippen LogP contribution in [0.2, 0.25) is 0 Å². The van der Waals surface area contributed by atoms with Crippen molar-refractivity contribution in [3.8, 4) is 0 Å². The van der Waals surface area contributed by atoms with Gasteiger partial charge in [-0.25, -0.2) is 4.98 Å². The number of aromatic nitrogens is 2. The first-order valence-corrected chi connectivity index (χ1v) is 10.5. The number of carbonyl (C=O) groups is 1. The fourth-order valence-electron chi connectivity index (χ4n) is 3.68. The Balaban J connectivity index is 1.58. The maximum absolute atomic E-state index is 13.3. The Hall–Kier alpha value is -3.73. The molecule has 0 unspecified atom stereocenters. The van der Waals surface area contributed by atoms with E-state index in [0.29, 0.717) is 12.2 Å². The molecule has 0 fully saturated rings. The van der Waals surface area contributed by atoms with Gasteiger partial charge in [0, 0.05) is 17.6 Å². The van der Waals surface area contributed by atoms with Crippen LogP contribution in [0, 0.1) is 0 Å². The molecular weight excluding hydrogens is 386 g/mol. The molecule has 4 aromatic rings. The summed E-state index contributed by atoms with van der Waals surface area (Å²) in [7, 11) is 0. The topological polar surface area (TPSA) is 64.0 Å². The number of pyridine rings is 2. The second-order valence-electron chi connectivity index (χ2n) is 7.75. The Morgan fingerprint density at radius 1 is 0.968 bits per heavy atom. The molecular formula is C26H25N3O2. The van der Waals surface area contributed by atoms with E-state index in [1.165, 1.54) is 5.56 Å². The van der Waals surface area contributed by atoms with Crippen molar-refractivity contribution in [1.82, 2.24) is 14.9 Å². The van der Waals surface area contributed by atoms with Crippen molar-refractivity contribution in [3.63, 3.8) is 0 Å². The third-order valence-corrected chi connectivity index (χ3v) is 5.36. The Labute approximate surface area is 181 Å². The number of nitrogens with zero attached hydrogens (tertiary/aromatic N) is 2. The molecule has 0 saturated carbocycles. The van der Waals surface area contributed by atoms with Gasteiger partial charge in [-0.3, -0.25) is 14.2 Å². The van der Waals surface area contributed by atoms with Crippen LogP contribution in [0.3, 0.4) is 0 Å². The highest BCUT2D eigenvalue weighted by Crippen LogP contribution is 2.13. The molecule has 0 saturated heterocycles. The van der Waals surface area contributed by atoms with Gasteiger partial charge in [0.15, 0.2) is 0 Å². The molecule has 156 valence electrons. The number of aryl methyl sites for hydroxylation is 1. The summed E-state index contributed by atoms with van der Waals surface area (Å²) in [4.78, 5) is 30.6. The smallest absolute Gasteiger partial charge is 0.265 e. The van der Waals surface area contributed by atoms with E-state index < -0.39 is 0 Å². The molecule has 0 bridgehead atoms. The Morgan fingerprint density at radius 2 is 1.65 bits per heavy atom. The summed E-state index contributed by atoms with van der Waals surface area (Å²) >= 11 is 0. The predicted octanol–water partition coefficient (Wildman–Crippen LogP) is 4.20. The molecule has 5 heteroatoms. The van der Waals surface area contributed by atoms with Crippen molar-refractivity contribution in [3.05, 3.63) is 112 Å². The summed E-state index contributed by atoms with van der Waals surface area (Å²) in [5.74, 6) is -0.349. The van der Waals surface area contributed by atoms with Crippen LogP contribution in [0.25, 0.3) is 11.0 Å². The first-order chi connectivity index (χ1) is 15.1. The van der Waals surface area contributed by atoms with E-state index in [4.69, 9.17) is 0 Å². The van der Waals surface area contributed by atoms with Crippen molar-refractivity contribution >= 4 is 16.9 Å². The lowest BCUT2D eigenvalue weighted by molar-refractivity contribution is 0.0936. The molecule has 1 N–H and O–H groups in total. The molecule has 0 aliphatic heterocycles. The molecule has 2 heterocycles. The van der Waals surface area contributed by atoms with Crippen LogP contribution in [0.5, 0.6) is 0 Å². The van der Waals surface area contributed by atoms with Gasteiger partial charge in [-0.1, -0.05) is 60.7 Å². The highest BCUT2D eigenvalue weighted by molar-refractivity contribution is 5.97. The maximum atomic E-state index is 13.3. The van der Waals surface area contributed by atoms with E-state index in [0.717, 1.165) is 23.8 Å². The molecule has 2 aromatic carbocycles. The highest BCUT2D eigenvalue weighted by Gasteiger charge is 2.18. The van der Waals surface area contributed by atoms with Crippen LogP contribution in [0.4, 0.5) is 0 Å². The normalized spacial score (nSPS) is 11.9. The van der Waals surface area contributed by atoms with Gasteiger partial charge in [0.25, 0.3) is 11.5 Å². The minimum atomic E-state index is -0.349. The van der Waals surface area contributed by atoms with Crippen LogP contribution in [0.1, 0.15) is 34.8 Å². The molecule has 5 nitrogen and oxygen atoms in total. The molecule has 1 atom stereocenters. The number of rotatable bonds is 7. The summed E-state index contributed by atoms with van der Waals surface area (Å²) in [5, 5.41) is 3.75. The molecule has 4 rings (SSSR count). The lowest BCUT2D eigenvalue weighted by atomic mass is 10.1. The van der Waals surface area contributed by atoms with E-state index >= 15 is 0 Å². The molecule has 2 aromatic heterocycles. The summed E-state index contributed by atoms with van der Waals surface area (Å²) < 4.78 is 1.58. The lowest BCUT2D eigenvalue weighted by Crippen LogP contribution is -2.38. The Morgan fingerprint density at radius 3 is 2.35 bits per heavy atom. The summed E-state index contributed by atoms with van der Waals surface area (Å²) in [6.45, 7) is 2.32. The molecule has 31 heavy (non-hydrogen) atoms. The van der Waals surface area contributed by atoms with Gasteiger partial charge in [0.05, 0.1) is 6.54 Å². The lowest BCUT2D eigenvalue weighted by Gasteiger charge is -2.16. The summed E-state index contributed by atoms with van der Waals surface area (Å²) in [5.41, 5.74) is 2.59. The van der Waals surface area contributed by atoms with Gasteiger partial charge in [-0.15, -0.1) is 0 Å². The van der Waals surface area contributed by atoms with Gasteiger partial charge in [-0.2, -0.15) is 0 Å². The van der Waals surface area contributed by atoms with Crippen LogP contribution >= 0.6 is 0 Å². The number of carbonyl (C=O) groups excluding carboxylic acids is 1. The molecule has 0 aliphatic carbocycles. The fraction of sp³-hybridized carbons (Fsp3) is 0.192. The van der Waals surface area contributed by atoms with Crippen LogP contribution in [0.15, 0.2) is 89.9 Å². The minimum absolute atomic E-state index is 0.0562. The second-order valence-corrected chi connectivity index (χ2v) is 7.75. The third kappa shape index (κ3) is 4.89. The van der Waals surface area contributed by atoms with Crippen LogP contribution in [-0.4, -0.2) is 21.5 Å². The second kappa shape index (κ2) is 9.39. The Kier molecular flexibility index (Phi) is 6.22. The van der Waals surface area contributed by atoms with Crippen LogP contribution in [-0.2, 0) is 13.0 Å². The standard InChI is InChI=1S/C26H25N3O2/c1-19(14-15-20-9-4-2-5-10-20)28-25(30)23-17-22-13-8-16-27-24(22)29(26(23)31)18-21-11-6-3-7-12-21/h2-13,16-17,19H,14-15,18H2,1H3,(H,28,30)/t19-/m0/s1. The molecule has 1 amide bonds. The largest absolute Gasteiger partial charge is 0.349 e.